The Labute approximate surface area is 151 Å². The van der Waals surface area contributed by atoms with Gasteiger partial charge in [-0.3, -0.25) is 9.69 Å². The van der Waals surface area contributed by atoms with Crippen LogP contribution in [0.15, 0.2) is 41.8 Å². The van der Waals surface area contributed by atoms with E-state index in [1.54, 1.807) is 23.5 Å². The van der Waals surface area contributed by atoms with Crippen LogP contribution < -0.4 is 10.1 Å². The molecule has 1 amide bonds. The highest BCUT2D eigenvalue weighted by molar-refractivity contribution is 7.10. The molecule has 1 saturated heterocycles. The van der Waals surface area contributed by atoms with E-state index < -0.39 is 0 Å². The Morgan fingerprint density at radius 3 is 2.92 bits per heavy atom. The van der Waals surface area contributed by atoms with Crippen molar-refractivity contribution in [2.45, 2.75) is 18.9 Å². The van der Waals surface area contributed by atoms with Gasteiger partial charge in [-0.2, -0.15) is 0 Å². The summed E-state index contributed by atoms with van der Waals surface area (Å²) in [5.74, 6) is 0.809. The average Bonchev–Trinajstić information content (AvgIpc) is 3.24. The molecule has 2 aromatic rings. The lowest BCUT2D eigenvalue weighted by molar-refractivity contribution is -0.122. The van der Waals surface area contributed by atoms with Crippen molar-refractivity contribution in [3.63, 3.8) is 0 Å². The highest BCUT2D eigenvalue weighted by Gasteiger charge is 2.27. The van der Waals surface area contributed by atoms with E-state index in [0.29, 0.717) is 30.8 Å². The summed E-state index contributed by atoms with van der Waals surface area (Å²) in [5, 5.41) is 5.71. The highest BCUT2D eigenvalue weighted by atomic mass is 35.5. The van der Waals surface area contributed by atoms with Crippen LogP contribution in [-0.2, 0) is 4.79 Å². The van der Waals surface area contributed by atoms with Crippen molar-refractivity contribution in [2.75, 3.05) is 26.2 Å². The number of carbonyl (C=O) groups excluding carboxylic acids is 1. The lowest BCUT2D eigenvalue weighted by atomic mass is 10.2. The number of ether oxygens (including phenoxy) is 1. The van der Waals surface area contributed by atoms with Gasteiger partial charge in [0.15, 0.2) is 0 Å². The summed E-state index contributed by atoms with van der Waals surface area (Å²) in [5.41, 5.74) is 0. The SMILES string of the molecule is O=C(CN1CCC[C@@H]1c1cccs1)NCCOc1ccc(Cl)cc1. The smallest absolute Gasteiger partial charge is 0.234 e. The molecule has 6 heteroatoms. The maximum atomic E-state index is 12.1. The number of thiophene rings is 1. The molecule has 128 valence electrons. The van der Waals surface area contributed by atoms with E-state index in [4.69, 9.17) is 16.3 Å². The van der Waals surface area contributed by atoms with E-state index in [-0.39, 0.29) is 5.91 Å². The first-order valence-corrected chi connectivity index (χ1v) is 9.40. The number of hydrogen-bond donors (Lipinski definition) is 1. The maximum Gasteiger partial charge on any atom is 0.234 e. The molecule has 1 atom stereocenters. The minimum atomic E-state index is 0.0539. The molecule has 0 aliphatic carbocycles. The van der Waals surface area contributed by atoms with Crippen LogP contribution in [-0.4, -0.2) is 37.0 Å². The molecule has 3 rings (SSSR count). The molecule has 2 heterocycles. The van der Waals surface area contributed by atoms with Crippen LogP contribution in [0.4, 0.5) is 0 Å². The quantitative estimate of drug-likeness (QED) is 0.761. The van der Waals surface area contributed by atoms with Crippen LogP contribution in [0.25, 0.3) is 0 Å². The Bertz CT molecular complexity index is 646. The fraction of sp³-hybridized carbons (Fsp3) is 0.389. The van der Waals surface area contributed by atoms with Gasteiger partial charge in [0.25, 0.3) is 0 Å². The van der Waals surface area contributed by atoms with Crippen molar-refractivity contribution in [3.8, 4) is 5.75 Å². The van der Waals surface area contributed by atoms with E-state index >= 15 is 0 Å². The Balaban J connectivity index is 1.38. The van der Waals surface area contributed by atoms with Crippen molar-refractivity contribution < 1.29 is 9.53 Å². The topological polar surface area (TPSA) is 41.6 Å². The van der Waals surface area contributed by atoms with Gasteiger partial charge in [-0.25, -0.2) is 0 Å². The third-order valence-corrected chi connectivity index (χ3v) is 5.31. The third kappa shape index (κ3) is 4.72. The van der Waals surface area contributed by atoms with Crippen molar-refractivity contribution in [1.29, 1.82) is 0 Å². The molecule has 1 aromatic carbocycles. The Morgan fingerprint density at radius 2 is 2.17 bits per heavy atom. The van der Waals surface area contributed by atoms with Gasteiger partial charge in [0, 0.05) is 15.9 Å². The van der Waals surface area contributed by atoms with E-state index in [1.165, 1.54) is 4.88 Å². The fourth-order valence-electron chi connectivity index (χ4n) is 2.95. The largest absolute Gasteiger partial charge is 0.492 e. The van der Waals surface area contributed by atoms with E-state index in [0.717, 1.165) is 25.1 Å². The molecule has 1 N–H and O–H groups in total. The van der Waals surface area contributed by atoms with Crippen molar-refractivity contribution in [2.24, 2.45) is 0 Å². The van der Waals surface area contributed by atoms with Gasteiger partial charge in [-0.15, -0.1) is 11.3 Å². The first-order chi connectivity index (χ1) is 11.7. The van der Waals surface area contributed by atoms with Gasteiger partial charge in [-0.05, 0) is 55.1 Å². The lowest BCUT2D eigenvalue weighted by Crippen LogP contribution is -2.38. The van der Waals surface area contributed by atoms with E-state index in [1.807, 2.05) is 12.1 Å². The Kier molecular flexibility index (Phi) is 6.12. The van der Waals surface area contributed by atoms with Gasteiger partial charge in [0.05, 0.1) is 13.1 Å². The molecule has 0 bridgehead atoms. The molecule has 0 spiro atoms. The number of likely N-dealkylation sites (tertiary alicyclic amines) is 1. The van der Waals surface area contributed by atoms with Crippen LogP contribution in [0.2, 0.25) is 5.02 Å². The molecular weight excluding hydrogens is 344 g/mol. The number of rotatable bonds is 7. The molecule has 0 radical (unpaired) electrons. The third-order valence-electron chi connectivity index (χ3n) is 4.09. The summed E-state index contributed by atoms with van der Waals surface area (Å²) < 4.78 is 5.58. The van der Waals surface area contributed by atoms with Crippen LogP contribution in [0, 0.1) is 0 Å². The molecule has 24 heavy (non-hydrogen) atoms. The van der Waals surface area contributed by atoms with Gasteiger partial charge in [0.2, 0.25) is 5.91 Å². The van der Waals surface area contributed by atoms with Gasteiger partial charge >= 0.3 is 0 Å². The minimum Gasteiger partial charge on any atom is -0.492 e. The second-order valence-corrected chi connectivity index (χ2v) is 7.21. The summed E-state index contributed by atoms with van der Waals surface area (Å²) in [7, 11) is 0. The molecule has 1 aromatic heterocycles. The van der Waals surface area contributed by atoms with Gasteiger partial charge in [-0.1, -0.05) is 17.7 Å². The average molecular weight is 365 g/mol. The number of amides is 1. The summed E-state index contributed by atoms with van der Waals surface area (Å²) in [6, 6.07) is 11.8. The summed E-state index contributed by atoms with van der Waals surface area (Å²) in [6.45, 7) is 2.38. The molecule has 0 saturated carbocycles. The van der Waals surface area contributed by atoms with Gasteiger partial charge in [0.1, 0.15) is 12.4 Å². The van der Waals surface area contributed by atoms with Crippen molar-refractivity contribution in [1.82, 2.24) is 10.2 Å². The predicted molar refractivity (Wildman–Crippen MR) is 97.8 cm³/mol. The number of nitrogens with zero attached hydrogens (tertiary/aromatic N) is 1. The minimum absolute atomic E-state index is 0.0539. The van der Waals surface area contributed by atoms with Crippen molar-refractivity contribution >= 4 is 28.8 Å². The van der Waals surface area contributed by atoms with Crippen LogP contribution in [0.3, 0.4) is 0 Å². The number of hydrogen-bond acceptors (Lipinski definition) is 4. The normalized spacial score (nSPS) is 17.8. The molecule has 4 nitrogen and oxygen atoms in total. The molecule has 1 aliphatic rings. The number of nitrogens with one attached hydrogen (secondary N) is 1. The van der Waals surface area contributed by atoms with Crippen LogP contribution in [0.5, 0.6) is 5.75 Å². The molecule has 1 aliphatic heterocycles. The molecule has 0 unspecified atom stereocenters. The first kappa shape index (κ1) is 17.3. The van der Waals surface area contributed by atoms with Crippen LogP contribution >= 0.6 is 22.9 Å². The van der Waals surface area contributed by atoms with Crippen molar-refractivity contribution in [3.05, 3.63) is 51.7 Å². The summed E-state index contributed by atoms with van der Waals surface area (Å²) in [6.07, 6.45) is 2.28. The van der Waals surface area contributed by atoms with Crippen LogP contribution in [0.1, 0.15) is 23.8 Å². The zero-order chi connectivity index (χ0) is 16.8. The second-order valence-electron chi connectivity index (χ2n) is 5.80. The molecular formula is C18H21ClN2O2S. The monoisotopic (exact) mass is 364 g/mol. The lowest BCUT2D eigenvalue weighted by Gasteiger charge is -2.22. The summed E-state index contributed by atoms with van der Waals surface area (Å²) in [4.78, 5) is 15.8. The fourth-order valence-corrected chi connectivity index (χ4v) is 3.97. The first-order valence-electron chi connectivity index (χ1n) is 8.15. The van der Waals surface area contributed by atoms with Gasteiger partial charge < -0.3 is 10.1 Å². The highest BCUT2D eigenvalue weighted by Crippen LogP contribution is 2.33. The molecule has 1 fully saturated rings. The summed E-state index contributed by atoms with van der Waals surface area (Å²) >= 11 is 7.60. The number of benzene rings is 1. The number of carbonyl (C=O) groups is 1. The maximum absolute atomic E-state index is 12.1. The predicted octanol–water partition coefficient (Wildman–Crippen LogP) is 3.73. The second kappa shape index (κ2) is 8.51. The number of halogens is 1. The zero-order valence-electron chi connectivity index (χ0n) is 13.4. The Hall–Kier alpha value is -1.56. The van der Waals surface area contributed by atoms with E-state index in [2.05, 4.69) is 27.7 Å². The standard InChI is InChI=1S/C18H21ClN2O2S/c19-14-5-7-15(8-6-14)23-11-9-20-18(22)13-21-10-1-3-16(21)17-4-2-12-24-17/h2,4-8,12,16H,1,3,9-11,13H2,(H,20,22)/t16-/m1/s1. The zero-order valence-corrected chi connectivity index (χ0v) is 15.0. The van der Waals surface area contributed by atoms with E-state index in [9.17, 15) is 4.79 Å². The Morgan fingerprint density at radius 1 is 1.33 bits per heavy atom.